The van der Waals surface area contributed by atoms with Gasteiger partial charge in [-0.15, -0.1) is 11.3 Å². The molecule has 1 saturated carbocycles. The van der Waals surface area contributed by atoms with Gasteiger partial charge in [0.1, 0.15) is 5.82 Å². The largest absolute Gasteiger partial charge is 0.355 e. The molecule has 0 aliphatic heterocycles. The number of rotatable bonds is 6. The normalized spacial score (nSPS) is 14.4. The topological polar surface area (TPSA) is 28.2 Å². The van der Waals surface area contributed by atoms with E-state index in [4.69, 9.17) is 11.6 Å². The van der Waals surface area contributed by atoms with Crippen LogP contribution in [-0.2, 0) is 13.1 Å². The highest BCUT2D eigenvalue weighted by Gasteiger charge is 2.20. The van der Waals surface area contributed by atoms with Gasteiger partial charge in [0, 0.05) is 32.4 Å². The molecule has 1 fully saturated rings. The summed E-state index contributed by atoms with van der Waals surface area (Å²) in [6.45, 7) is 1.66. The second kappa shape index (κ2) is 6.65. The van der Waals surface area contributed by atoms with Crippen LogP contribution in [-0.4, -0.2) is 18.1 Å². The van der Waals surface area contributed by atoms with Crippen LogP contribution in [0.3, 0.4) is 0 Å². The first-order valence-corrected chi connectivity index (χ1v) is 8.99. The van der Waals surface area contributed by atoms with E-state index in [1.54, 1.807) is 17.5 Å². The Balaban J connectivity index is 1.69. The number of hydrogen-bond acceptors (Lipinski definition) is 4. The van der Waals surface area contributed by atoms with Gasteiger partial charge in [0.15, 0.2) is 0 Å². The predicted octanol–water partition coefficient (Wildman–Crippen LogP) is 4.45. The van der Waals surface area contributed by atoms with Crippen LogP contribution in [0.5, 0.6) is 0 Å². The first kappa shape index (κ1) is 15.3. The average molecular weight is 387 g/mol. The zero-order valence-corrected chi connectivity index (χ0v) is 14.9. The van der Waals surface area contributed by atoms with E-state index in [-0.39, 0.29) is 0 Å². The van der Waals surface area contributed by atoms with Crippen LogP contribution in [0.2, 0.25) is 5.02 Å². The summed E-state index contributed by atoms with van der Waals surface area (Å²) in [4.78, 5) is 6.59. The van der Waals surface area contributed by atoms with Crippen molar-refractivity contribution in [1.82, 2.24) is 10.3 Å². The molecule has 6 heteroatoms. The Kier molecular flexibility index (Phi) is 4.84. The molecule has 2 aromatic rings. The first-order chi connectivity index (χ1) is 10.1. The molecule has 1 N–H and O–H groups in total. The molecule has 2 heterocycles. The lowest BCUT2D eigenvalue weighted by molar-refractivity contribution is 0.687. The zero-order chi connectivity index (χ0) is 14.8. The van der Waals surface area contributed by atoms with E-state index in [0.717, 1.165) is 33.3 Å². The molecular weight excluding hydrogens is 370 g/mol. The van der Waals surface area contributed by atoms with Gasteiger partial charge in [-0.05, 0) is 57.4 Å². The molecule has 0 atom stereocenters. The van der Waals surface area contributed by atoms with Crippen molar-refractivity contribution in [2.45, 2.75) is 32.0 Å². The van der Waals surface area contributed by atoms with E-state index < -0.39 is 0 Å². The fourth-order valence-corrected chi connectivity index (χ4v) is 3.51. The number of thiophene rings is 1. The van der Waals surface area contributed by atoms with Gasteiger partial charge in [0.25, 0.3) is 0 Å². The zero-order valence-electron chi connectivity index (χ0n) is 11.8. The molecule has 0 unspecified atom stereocenters. The molecule has 3 nitrogen and oxygen atoms in total. The van der Waals surface area contributed by atoms with Crippen molar-refractivity contribution in [3.05, 3.63) is 43.6 Å². The van der Waals surface area contributed by atoms with Crippen molar-refractivity contribution < 1.29 is 0 Å². The minimum absolute atomic E-state index is 0.679. The quantitative estimate of drug-likeness (QED) is 0.795. The molecule has 1 aliphatic carbocycles. The highest BCUT2D eigenvalue weighted by Crippen LogP contribution is 2.25. The summed E-state index contributed by atoms with van der Waals surface area (Å²) in [5.74, 6) is 0.953. The van der Waals surface area contributed by atoms with E-state index in [9.17, 15) is 0 Å². The number of nitrogens with zero attached hydrogens (tertiary/aromatic N) is 2. The lowest BCUT2D eigenvalue weighted by Crippen LogP contribution is -2.19. The van der Waals surface area contributed by atoms with Crippen LogP contribution < -0.4 is 10.2 Å². The van der Waals surface area contributed by atoms with Gasteiger partial charge in [-0.1, -0.05) is 11.6 Å². The van der Waals surface area contributed by atoms with E-state index in [1.165, 1.54) is 18.4 Å². The van der Waals surface area contributed by atoms with Gasteiger partial charge in [-0.3, -0.25) is 0 Å². The molecule has 1 aliphatic rings. The Morgan fingerprint density at radius 1 is 1.48 bits per heavy atom. The van der Waals surface area contributed by atoms with Crippen molar-refractivity contribution in [1.29, 1.82) is 0 Å². The van der Waals surface area contributed by atoms with Crippen molar-refractivity contribution >= 4 is 44.7 Å². The summed E-state index contributed by atoms with van der Waals surface area (Å²) in [5.41, 5.74) is 2.40. The summed E-state index contributed by atoms with van der Waals surface area (Å²) in [5, 5.41) is 6.39. The lowest BCUT2D eigenvalue weighted by Gasteiger charge is -2.19. The molecule has 3 rings (SSSR count). The van der Waals surface area contributed by atoms with Crippen molar-refractivity contribution in [2.75, 3.05) is 11.9 Å². The Labute approximate surface area is 142 Å². The molecule has 0 saturated heterocycles. The van der Waals surface area contributed by atoms with Crippen molar-refractivity contribution in [2.24, 2.45) is 0 Å². The summed E-state index contributed by atoms with van der Waals surface area (Å²) in [7, 11) is 2.06. The third-order valence-electron chi connectivity index (χ3n) is 3.51. The summed E-state index contributed by atoms with van der Waals surface area (Å²) in [6, 6.07) is 4.91. The molecule has 2 aromatic heterocycles. The summed E-state index contributed by atoms with van der Waals surface area (Å²) in [6.07, 6.45) is 4.31. The monoisotopic (exact) mass is 385 g/mol. The molecule has 0 radical (unpaired) electrons. The van der Waals surface area contributed by atoms with Crippen LogP contribution in [0.25, 0.3) is 0 Å². The number of nitrogens with one attached hydrogen (secondary N) is 1. The van der Waals surface area contributed by atoms with Crippen LogP contribution in [0.15, 0.2) is 27.5 Å². The fraction of sp³-hybridized carbons (Fsp3) is 0.400. The third kappa shape index (κ3) is 4.19. The smallest absolute Gasteiger partial charge is 0.128 e. The predicted molar refractivity (Wildman–Crippen MR) is 93.2 cm³/mol. The van der Waals surface area contributed by atoms with Crippen LogP contribution in [0.4, 0.5) is 5.82 Å². The Hall–Kier alpha value is -0.620. The highest BCUT2D eigenvalue weighted by atomic mass is 79.9. The Morgan fingerprint density at radius 2 is 2.29 bits per heavy atom. The number of halogens is 2. The molecule has 21 heavy (non-hydrogen) atoms. The standard InChI is InChI=1S/C15H17BrClN3S/c1-20(8-10-4-14(16)21-9-10)15-5-11(13(17)7-19-15)6-18-12-2-3-12/h4-5,7,9,12,18H,2-3,6,8H2,1H3. The number of pyridine rings is 1. The lowest BCUT2D eigenvalue weighted by atomic mass is 10.2. The molecule has 0 aromatic carbocycles. The maximum Gasteiger partial charge on any atom is 0.128 e. The number of hydrogen-bond donors (Lipinski definition) is 1. The van der Waals surface area contributed by atoms with E-state index >= 15 is 0 Å². The Morgan fingerprint density at radius 3 is 2.95 bits per heavy atom. The molecular formula is C15H17BrClN3S. The number of anilines is 1. The summed E-state index contributed by atoms with van der Waals surface area (Å²) < 4.78 is 1.16. The van der Waals surface area contributed by atoms with E-state index in [1.807, 2.05) is 0 Å². The van der Waals surface area contributed by atoms with Crippen molar-refractivity contribution in [3.63, 3.8) is 0 Å². The summed E-state index contributed by atoms with van der Waals surface area (Å²) >= 11 is 11.4. The molecule has 0 bridgehead atoms. The van der Waals surface area contributed by atoms with Gasteiger partial charge in [0.05, 0.1) is 8.81 Å². The molecule has 0 spiro atoms. The van der Waals surface area contributed by atoms with Crippen LogP contribution in [0.1, 0.15) is 24.0 Å². The van der Waals surface area contributed by atoms with Gasteiger partial charge < -0.3 is 10.2 Å². The minimum atomic E-state index is 0.679. The first-order valence-electron chi connectivity index (χ1n) is 6.93. The van der Waals surface area contributed by atoms with Crippen molar-refractivity contribution in [3.8, 4) is 0 Å². The SMILES string of the molecule is CN(Cc1csc(Br)c1)c1cc(CNC2CC2)c(Cl)cn1. The second-order valence-corrected chi connectivity index (χ2v) is 8.10. The minimum Gasteiger partial charge on any atom is -0.355 e. The molecule has 0 amide bonds. The fourth-order valence-electron chi connectivity index (χ4n) is 2.14. The number of aromatic nitrogens is 1. The van der Waals surface area contributed by atoms with Gasteiger partial charge in [-0.2, -0.15) is 0 Å². The maximum atomic E-state index is 6.24. The molecule has 112 valence electrons. The second-order valence-electron chi connectivity index (χ2n) is 5.40. The van der Waals surface area contributed by atoms with E-state index in [2.05, 4.69) is 55.7 Å². The van der Waals surface area contributed by atoms with E-state index in [0.29, 0.717) is 6.04 Å². The highest BCUT2D eigenvalue weighted by molar-refractivity contribution is 9.11. The third-order valence-corrected chi connectivity index (χ3v) is 5.41. The Bertz CT molecular complexity index is 627. The average Bonchev–Trinajstić information content (AvgIpc) is 3.20. The van der Waals surface area contributed by atoms with Gasteiger partial charge >= 0.3 is 0 Å². The van der Waals surface area contributed by atoms with Crippen LogP contribution >= 0.6 is 38.9 Å². The maximum absolute atomic E-state index is 6.24. The van der Waals surface area contributed by atoms with Crippen LogP contribution in [0, 0.1) is 0 Å². The van der Waals surface area contributed by atoms with Gasteiger partial charge in [-0.25, -0.2) is 4.98 Å². The van der Waals surface area contributed by atoms with Gasteiger partial charge in [0.2, 0.25) is 0 Å².